The zero-order valence-electron chi connectivity index (χ0n) is 10.8. The molecule has 0 amide bonds. The van der Waals surface area contributed by atoms with E-state index in [1.54, 1.807) is 18.2 Å². The van der Waals surface area contributed by atoms with Crippen molar-refractivity contribution in [3.8, 4) is 0 Å². The fourth-order valence-electron chi connectivity index (χ4n) is 1.60. The van der Waals surface area contributed by atoms with Crippen LogP contribution in [0.15, 0.2) is 18.2 Å². The first-order chi connectivity index (χ1) is 8.58. The number of nitrogens with zero attached hydrogens (tertiary/aromatic N) is 1. The molecule has 0 aromatic heterocycles. The van der Waals surface area contributed by atoms with Crippen LogP contribution in [0, 0.1) is 0 Å². The van der Waals surface area contributed by atoms with E-state index in [1.807, 2.05) is 0 Å². The van der Waals surface area contributed by atoms with Crippen molar-refractivity contribution >= 4 is 23.3 Å². The molecule has 0 spiro atoms. The first-order valence-corrected chi connectivity index (χ1v) is 6.40. The van der Waals surface area contributed by atoms with Crippen molar-refractivity contribution in [1.82, 2.24) is 4.90 Å². The van der Waals surface area contributed by atoms with Crippen LogP contribution >= 0.6 is 11.6 Å². The fourth-order valence-corrected chi connectivity index (χ4v) is 1.79. The highest BCUT2D eigenvalue weighted by molar-refractivity contribution is 6.31. The van der Waals surface area contributed by atoms with Crippen LogP contribution in [-0.4, -0.2) is 37.1 Å². The van der Waals surface area contributed by atoms with Crippen LogP contribution in [0.25, 0.3) is 0 Å². The molecule has 0 atom stereocenters. The van der Waals surface area contributed by atoms with Crippen LogP contribution in [0.5, 0.6) is 0 Å². The maximum absolute atomic E-state index is 11.8. The molecule has 18 heavy (non-hydrogen) atoms. The van der Waals surface area contributed by atoms with Crippen LogP contribution in [0.1, 0.15) is 24.2 Å². The molecule has 0 aliphatic rings. The number of hydrogen-bond acceptors (Lipinski definition) is 4. The van der Waals surface area contributed by atoms with Crippen LogP contribution in [0.3, 0.4) is 0 Å². The molecule has 0 saturated carbocycles. The standard InChI is InChI=1S/C13H19ClN2O2/c1-3-16(4-2)7-8-18-13(17)11-6-5-10(14)9-12(11)15/h5-6,9H,3-4,7-8,15H2,1-2H3. The van der Waals surface area contributed by atoms with Crippen molar-refractivity contribution in [3.63, 3.8) is 0 Å². The number of rotatable bonds is 6. The van der Waals surface area contributed by atoms with Gasteiger partial charge < -0.3 is 15.4 Å². The zero-order chi connectivity index (χ0) is 13.5. The number of anilines is 1. The molecule has 1 aromatic rings. The topological polar surface area (TPSA) is 55.6 Å². The summed E-state index contributed by atoms with van der Waals surface area (Å²) in [4.78, 5) is 14.0. The van der Waals surface area contributed by atoms with Crippen molar-refractivity contribution < 1.29 is 9.53 Å². The maximum atomic E-state index is 11.8. The van der Waals surface area contributed by atoms with Gasteiger partial charge in [-0.3, -0.25) is 0 Å². The van der Waals surface area contributed by atoms with Gasteiger partial charge in [0.15, 0.2) is 0 Å². The molecule has 2 N–H and O–H groups in total. The smallest absolute Gasteiger partial charge is 0.340 e. The summed E-state index contributed by atoms with van der Waals surface area (Å²) in [6, 6.07) is 4.75. The summed E-state index contributed by atoms with van der Waals surface area (Å²) in [7, 11) is 0. The molecule has 0 aliphatic heterocycles. The largest absolute Gasteiger partial charge is 0.461 e. The number of esters is 1. The number of nitrogen functional groups attached to an aromatic ring is 1. The predicted molar refractivity (Wildman–Crippen MR) is 73.9 cm³/mol. The Morgan fingerprint density at radius 3 is 2.61 bits per heavy atom. The zero-order valence-corrected chi connectivity index (χ0v) is 11.5. The maximum Gasteiger partial charge on any atom is 0.340 e. The van der Waals surface area contributed by atoms with Crippen LogP contribution < -0.4 is 5.73 Å². The lowest BCUT2D eigenvalue weighted by Gasteiger charge is -2.17. The molecule has 0 bridgehead atoms. The van der Waals surface area contributed by atoms with Crippen LogP contribution in [0.2, 0.25) is 5.02 Å². The minimum absolute atomic E-state index is 0.343. The van der Waals surface area contributed by atoms with E-state index in [2.05, 4.69) is 18.7 Å². The van der Waals surface area contributed by atoms with Crippen molar-refractivity contribution in [1.29, 1.82) is 0 Å². The summed E-state index contributed by atoms with van der Waals surface area (Å²) >= 11 is 5.77. The van der Waals surface area contributed by atoms with Gasteiger partial charge in [-0.25, -0.2) is 4.79 Å². The van der Waals surface area contributed by atoms with Crippen molar-refractivity contribution in [3.05, 3.63) is 28.8 Å². The Bertz CT molecular complexity index is 406. The van der Waals surface area contributed by atoms with Gasteiger partial charge in [0.1, 0.15) is 6.61 Å². The second-order valence-corrected chi connectivity index (χ2v) is 4.33. The lowest BCUT2D eigenvalue weighted by molar-refractivity contribution is 0.0467. The highest BCUT2D eigenvalue weighted by Crippen LogP contribution is 2.18. The van der Waals surface area contributed by atoms with Crippen molar-refractivity contribution in [2.24, 2.45) is 0 Å². The number of likely N-dealkylation sites (N-methyl/N-ethyl adjacent to an activating group) is 1. The third-order valence-electron chi connectivity index (χ3n) is 2.77. The number of nitrogens with two attached hydrogens (primary N) is 1. The normalized spacial score (nSPS) is 10.7. The second-order valence-electron chi connectivity index (χ2n) is 3.89. The summed E-state index contributed by atoms with van der Waals surface area (Å²) in [5.74, 6) is -0.406. The molecule has 0 aliphatic carbocycles. The Kier molecular flexibility index (Phi) is 5.95. The van der Waals surface area contributed by atoms with Gasteiger partial charge >= 0.3 is 5.97 Å². The number of carbonyl (C=O) groups is 1. The Hall–Kier alpha value is -1.26. The van der Waals surface area contributed by atoms with E-state index < -0.39 is 5.97 Å². The van der Waals surface area contributed by atoms with E-state index in [-0.39, 0.29) is 0 Å². The number of hydrogen-bond donors (Lipinski definition) is 1. The first-order valence-electron chi connectivity index (χ1n) is 6.03. The van der Waals surface area contributed by atoms with E-state index in [1.165, 1.54) is 0 Å². The molecule has 0 heterocycles. The highest BCUT2D eigenvalue weighted by Gasteiger charge is 2.11. The number of benzene rings is 1. The third kappa shape index (κ3) is 4.20. The second kappa shape index (κ2) is 7.24. The number of ether oxygens (including phenoxy) is 1. The van der Waals surface area contributed by atoms with E-state index in [0.717, 1.165) is 19.6 Å². The summed E-state index contributed by atoms with van der Waals surface area (Å²) < 4.78 is 5.18. The van der Waals surface area contributed by atoms with Gasteiger partial charge in [0.05, 0.1) is 5.56 Å². The Labute approximate surface area is 113 Å². The molecule has 0 radical (unpaired) electrons. The van der Waals surface area contributed by atoms with Gasteiger partial charge in [-0.05, 0) is 31.3 Å². The molecule has 0 fully saturated rings. The Balaban J connectivity index is 2.50. The van der Waals surface area contributed by atoms with Gasteiger partial charge in [-0.15, -0.1) is 0 Å². The Morgan fingerprint density at radius 1 is 1.39 bits per heavy atom. The molecule has 1 aromatic carbocycles. The highest BCUT2D eigenvalue weighted by atomic mass is 35.5. The van der Waals surface area contributed by atoms with Crippen molar-refractivity contribution in [2.75, 3.05) is 32.0 Å². The summed E-state index contributed by atoms with van der Waals surface area (Å²) in [6.07, 6.45) is 0. The molecular formula is C13H19ClN2O2. The van der Waals surface area contributed by atoms with E-state index in [4.69, 9.17) is 22.1 Å². The summed E-state index contributed by atoms with van der Waals surface area (Å²) in [5, 5.41) is 0.507. The van der Waals surface area contributed by atoms with Crippen LogP contribution in [-0.2, 0) is 4.74 Å². The average Bonchev–Trinajstić information content (AvgIpc) is 2.34. The van der Waals surface area contributed by atoms with Crippen molar-refractivity contribution in [2.45, 2.75) is 13.8 Å². The van der Waals surface area contributed by atoms with Crippen LogP contribution in [0.4, 0.5) is 5.69 Å². The van der Waals surface area contributed by atoms with Gasteiger partial charge in [-0.2, -0.15) is 0 Å². The lowest BCUT2D eigenvalue weighted by atomic mass is 10.2. The van der Waals surface area contributed by atoms with Gasteiger partial charge in [-0.1, -0.05) is 25.4 Å². The van der Waals surface area contributed by atoms with Gasteiger partial charge in [0, 0.05) is 17.3 Å². The predicted octanol–water partition coefficient (Wildman–Crippen LogP) is 2.42. The number of halogens is 1. The first kappa shape index (κ1) is 14.8. The molecule has 0 saturated heterocycles. The SMILES string of the molecule is CCN(CC)CCOC(=O)c1ccc(Cl)cc1N. The molecular weight excluding hydrogens is 252 g/mol. The van der Waals surface area contributed by atoms with E-state index in [0.29, 0.717) is 22.9 Å². The third-order valence-corrected chi connectivity index (χ3v) is 3.00. The lowest BCUT2D eigenvalue weighted by Crippen LogP contribution is -2.28. The molecule has 100 valence electrons. The van der Waals surface area contributed by atoms with Gasteiger partial charge in [0.25, 0.3) is 0 Å². The van der Waals surface area contributed by atoms with E-state index >= 15 is 0 Å². The molecule has 4 nitrogen and oxygen atoms in total. The summed E-state index contributed by atoms with van der Waals surface area (Å²) in [5.41, 5.74) is 6.41. The molecule has 1 rings (SSSR count). The van der Waals surface area contributed by atoms with Gasteiger partial charge in [0.2, 0.25) is 0 Å². The quantitative estimate of drug-likeness (QED) is 0.637. The summed E-state index contributed by atoms with van der Waals surface area (Å²) in [6.45, 7) is 7.12. The van der Waals surface area contributed by atoms with E-state index in [9.17, 15) is 4.79 Å². The fraction of sp³-hybridized carbons (Fsp3) is 0.462. The molecule has 0 unspecified atom stereocenters. The average molecular weight is 271 g/mol. The minimum Gasteiger partial charge on any atom is -0.461 e. The Morgan fingerprint density at radius 2 is 2.06 bits per heavy atom. The molecule has 5 heteroatoms. The monoisotopic (exact) mass is 270 g/mol. The number of carbonyl (C=O) groups excluding carboxylic acids is 1. The minimum atomic E-state index is -0.406.